The van der Waals surface area contributed by atoms with Crippen molar-refractivity contribution in [2.24, 2.45) is 14.1 Å². The average Bonchev–Trinajstić information content (AvgIpc) is 3.10. The van der Waals surface area contributed by atoms with Crippen LogP contribution in [0.3, 0.4) is 0 Å². The van der Waals surface area contributed by atoms with E-state index in [1.807, 2.05) is 6.92 Å². The van der Waals surface area contributed by atoms with Gasteiger partial charge in [0.2, 0.25) is 0 Å². The molecule has 11 heteroatoms. The topological polar surface area (TPSA) is 118 Å². The number of anilines is 1. The molecular formula is C28H31N3O7S. The third-order valence-electron chi connectivity index (χ3n) is 6.13. The molecule has 0 aliphatic rings. The Hall–Kier alpha value is -4.25. The summed E-state index contributed by atoms with van der Waals surface area (Å²) in [6, 6.07) is 14.5. The highest BCUT2D eigenvalue weighted by molar-refractivity contribution is 7.92. The van der Waals surface area contributed by atoms with Crippen molar-refractivity contribution in [3.63, 3.8) is 0 Å². The zero-order valence-electron chi connectivity index (χ0n) is 22.5. The predicted molar refractivity (Wildman–Crippen MR) is 149 cm³/mol. The molecule has 1 aromatic heterocycles. The van der Waals surface area contributed by atoms with Crippen LogP contribution in [0.5, 0.6) is 23.0 Å². The molecule has 206 valence electrons. The lowest BCUT2D eigenvalue weighted by molar-refractivity contribution is -0.116. The molecule has 0 spiro atoms. The number of Topliss-reactive ketones (excluding diaryl/α,β-unsaturated/α-hetero) is 1. The first kappa shape index (κ1) is 27.8. The van der Waals surface area contributed by atoms with Crippen molar-refractivity contribution >= 4 is 32.5 Å². The number of hydrogen-bond donors (Lipinski definition) is 1. The monoisotopic (exact) mass is 553 g/mol. The third kappa shape index (κ3) is 5.93. The molecule has 0 aliphatic carbocycles. The Labute approximate surface area is 226 Å². The second-order valence-electron chi connectivity index (χ2n) is 9.12. The van der Waals surface area contributed by atoms with Crippen LogP contribution in [0.4, 0.5) is 5.69 Å². The van der Waals surface area contributed by atoms with E-state index in [0.717, 1.165) is 6.42 Å². The molecule has 4 rings (SSSR count). The Bertz CT molecular complexity index is 1700. The number of rotatable bonds is 11. The number of benzene rings is 3. The lowest BCUT2D eigenvalue weighted by Crippen LogP contribution is -2.19. The highest BCUT2D eigenvalue weighted by Gasteiger charge is 2.22. The zero-order valence-corrected chi connectivity index (χ0v) is 23.3. The molecule has 0 aliphatic heterocycles. The SMILES string of the molecule is CCCOc1cccc(Oc2cc3c(cc2NS(=O)(=O)c2ccc(OC)c(CC(C)=O)c2)n(C)c(=O)n3C)c1. The summed E-state index contributed by atoms with van der Waals surface area (Å²) in [6.45, 7) is 3.97. The molecule has 0 fully saturated rings. The van der Waals surface area contributed by atoms with E-state index in [1.165, 1.54) is 41.4 Å². The van der Waals surface area contributed by atoms with Crippen molar-refractivity contribution in [2.75, 3.05) is 18.4 Å². The summed E-state index contributed by atoms with van der Waals surface area (Å²) in [5.74, 6) is 1.52. The maximum atomic E-state index is 13.5. The molecule has 10 nitrogen and oxygen atoms in total. The maximum Gasteiger partial charge on any atom is 0.328 e. The van der Waals surface area contributed by atoms with Gasteiger partial charge in [-0.15, -0.1) is 0 Å². The van der Waals surface area contributed by atoms with Gasteiger partial charge in [0, 0.05) is 38.2 Å². The summed E-state index contributed by atoms with van der Waals surface area (Å²) in [5.41, 5.74) is 1.39. The van der Waals surface area contributed by atoms with Crippen molar-refractivity contribution in [1.29, 1.82) is 0 Å². The van der Waals surface area contributed by atoms with E-state index < -0.39 is 10.0 Å². The largest absolute Gasteiger partial charge is 0.496 e. The van der Waals surface area contributed by atoms with Gasteiger partial charge < -0.3 is 14.2 Å². The van der Waals surface area contributed by atoms with Gasteiger partial charge in [0.05, 0.1) is 35.3 Å². The lowest BCUT2D eigenvalue weighted by Gasteiger charge is -2.16. The van der Waals surface area contributed by atoms with Crippen molar-refractivity contribution < 1.29 is 27.4 Å². The van der Waals surface area contributed by atoms with Crippen LogP contribution >= 0.6 is 0 Å². The zero-order chi connectivity index (χ0) is 28.3. The summed E-state index contributed by atoms with van der Waals surface area (Å²) < 4.78 is 49.7. The fourth-order valence-corrected chi connectivity index (χ4v) is 5.31. The smallest absolute Gasteiger partial charge is 0.328 e. The molecule has 0 bridgehead atoms. The molecule has 0 radical (unpaired) electrons. The van der Waals surface area contributed by atoms with Crippen LogP contribution in [-0.2, 0) is 35.3 Å². The quantitative estimate of drug-likeness (QED) is 0.293. The fraction of sp³-hybridized carbons (Fsp3) is 0.286. The molecule has 0 amide bonds. The van der Waals surface area contributed by atoms with Crippen molar-refractivity contribution in [3.8, 4) is 23.0 Å². The van der Waals surface area contributed by atoms with Crippen LogP contribution in [0.2, 0.25) is 0 Å². The number of hydrogen-bond acceptors (Lipinski definition) is 7. The summed E-state index contributed by atoms with van der Waals surface area (Å²) in [4.78, 5) is 24.3. The average molecular weight is 554 g/mol. The van der Waals surface area contributed by atoms with Crippen LogP contribution in [-0.4, -0.2) is 37.1 Å². The van der Waals surface area contributed by atoms with Gasteiger partial charge >= 0.3 is 5.69 Å². The highest BCUT2D eigenvalue weighted by Crippen LogP contribution is 2.36. The normalized spacial score (nSPS) is 11.4. The van der Waals surface area contributed by atoms with Gasteiger partial charge in [-0.25, -0.2) is 13.2 Å². The van der Waals surface area contributed by atoms with Gasteiger partial charge in [0.1, 0.15) is 23.0 Å². The standard InChI is InChI=1S/C28H31N3O7S/c1-6-12-37-20-8-7-9-21(15-20)38-27-17-25-24(30(3)28(33)31(25)4)16-23(27)29-39(34,35)22-10-11-26(36-5)19(14-22)13-18(2)32/h7-11,14-17,29H,6,12-13H2,1-5H3. The predicted octanol–water partition coefficient (Wildman–Crippen LogP) is 4.40. The number of nitrogens with zero attached hydrogens (tertiary/aromatic N) is 2. The number of nitrogens with one attached hydrogen (secondary N) is 1. The molecule has 0 saturated carbocycles. The van der Waals surface area contributed by atoms with E-state index >= 15 is 0 Å². The minimum absolute atomic E-state index is 0.0232. The molecule has 3 aromatic carbocycles. The second-order valence-corrected chi connectivity index (χ2v) is 10.8. The summed E-state index contributed by atoms with van der Waals surface area (Å²) in [6.07, 6.45) is 0.866. The van der Waals surface area contributed by atoms with E-state index in [1.54, 1.807) is 50.5 Å². The summed E-state index contributed by atoms with van der Waals surface area (Å²) in [7, 11) is 0.560. The van der Waals surface area contributed by atoms with E-state index in [-0.39, 0.29) is 34.2 Å². The number of imidazole rings is 1. The van der Waals surface area contributed by atoms with E-state index in [4.69, 9.17) is 14.2 Å². The Morgan fingerprint density at radius 2 is 1.64 bits per heavy atom. The fourth-order valence-electron chi connectivity index (χ4n) is 4.20. The highest BCUT2D eigenvalue weighted by atomic mass is 32.2. The number of aromatic nitrogens is 2. The first-order valence-electron chi connectivity index (χ1n) is 12.3. The Kier molecular flexibility index (Phi) is 8.01. The van der Waals surface area contributed by atoms with Gasteiger partial charge in [-0.2, -0.15) is 0 Å². The van der Waals surface area contributed by atoms with Crippen molar-refractivity contribution in [2.45, 2.75) is 31.6 Å². The number of ketones is 1. The second kappa shape index (κ2) is 11.2. The molecule has 4 aromatic rings. The van der Waals surface area contributed by atoms with Gasteiger partial charge in [0.15, 0.2) is 5.75 Å². The summed E-state index contributed by atoms with van der Waals surface area (Å²) in [5, 5.41) is 0. The Balaban J connectivity index is 1.79. The Morgan fingerprint density at radius 3 is 2.31 bits per heavy atom. The van der Waals surface area contributed by atoms with E-state index in [9.17, 15) is 18.0 Å². The third-order valence-corrected chi connectivity index (χ3v) is 7.49. The lowest BCUT2D eigenvalue weighted by atomic mass is 10.1. The number of fused-ring (bicyclic) bond motifs is 1. The van der Waals surface area contributed by atoms with Gasteiger partial charge in [-0.3, -0.25) is 18.7 Å². The van der Waals surface area contributed by atoms with E-state index in [2.05, 4.69) is 4.72 Å². The minimum Gasteiger partial charge on any atom is -0.496 e. The Morgan fingerprint density at radius 1 is 0.949 bits per heavy atom. The number of ether oxygens (including phenoxy) is 3. The van der Waals surface area contributed by atoms with Crippen molar-refractivity contribution in [1.82, 2.24) is 9.13 Å². The van der Waals surface area contributed by atoms with Gasteiger partial charge in [0.25, 0.3) is 10.0 Å². The number of aryl methyl sites for hydroxylation is 2. The molecule has 0 saturated heterocycles. The molecule has 0 atom stereocenters. The van der Waals surface area contributed by atoms with Gasteiger partial charge in [-0.1, -0.05) is 13.0 Å². The van der Waals surface area contributed by atoms with E-state index in [0.29, 0.717) is 40.5 Å². The van der Waals surface area contributed by atoms with Gasteiger partial charge in [-0.05, 0) is 49.7 Å². The first-order chi connectivity index (χ1) is 18.5. The van der Waals surface area contributed by atoms with Crippen LogP contribution in [0, 0.1) is 0 Å². The number of carbonyl (C=O) groups is 1. The maximum absolute atomic E-state index is 13.5. The number of methoxy groups -OCH3 is 1. The van der Waals surface area contributed by atoms with Crippen molar-refractivity contribution in [3.05, 3.63) is 70.6 Å². The molecule has 1 N–H and O–H groups in total. The first-order valence-corrected chi connectivity index (χ1v) is 13.8. The van der Waals surface area contributed by atoms with Crippen LogP contribution in [0.25, 0.3) is 11.0 Å². The molecule has 0 unspecified atom stereocenters. The minimum atomic E-state index is -4.13. The van der Waals surface area contributed by atoms with Crippen LogP contribution in [0.1, 0.15) is 25.8 Å². The molecule has 1 heterocycles. The van der Waals surface area contributed by atoms with Crippen LogP contribution in [0.15, 0.2) is 64.3 Å². The molecular weight excluding hydrogens is 522 g/mol. The molecule has 39 heavy (non-hydrogen) atoms. The summed E-state index contributed by atoms with van der Waals surface area (Å²) >= 11 is 0. The number of sulfonamides is 1. The van der Waals surface area contributed by atoms with Crippen LogP contribution < -0.4 is 24.6 Å². The number of carbonyl (C=O) groups excluding carboxylic acids is 1.